The number of rotatable bonds is 2. The molecule has 0 aliphatic heterocycles. The summed E-state index contributed by atoms with van der Waals surface area (Å²) in [6.07, 6.45) is 0.208. The van der Waals surface area contributed by atoms with Gasteiger partial charge in [0, 0.05) is 34.1 Å². The number of ether oxygens (including phenoxy) is 1. The molecule has 118 valence electrons. The quantitative estimate of drug-likeness (QED) is 0.497. The van der Waals surface area contributed by atoms with Gasteiger partial charge in [0.25, 0.3) is 0 Å². The normalized spacial score (nSPS) is 16.1. The zero-order valence-electron chi connectivity index (χ0n) is 12.2. The van der Waals surface area contributed by atoms with Crippen LogP contribution in [0.5, 0.6) is 17.5 Å². The molecule has 0 fully saturated rings. The molecule has 0 radical (unpaired) electrons. The van der Waals surface area contributed by atoms with Crippen LogP contribution in [-0.2, 0) is 11.2 Å². The fourth-order valence-corrected chi connectivity index (χ4v) is 3.39. The number of carboxylic acid groups (broad SMARTS) is 1. The number of fused-ring (bicyclic) bond motifs is 5. The molecule has 0 saturated carbocycles. The molecule has 5 N–H and O–H groups in total. The Morgan fingerprint density at radius 2 is 2.00 bits per heavy atom. The van der Waals surface area contributed by atoms with Gasteiger partial charge in [-0.3, -0.25) is 9.78 Å². The number of aromatic amines is 2. The zero-order valence-corrected chi connectivity index (χ0v) is 12.2. The summed E-state index contributed by atoms with van der Waals surface area (Å²) in [7, 11) is 1.56. The lowest BCUT2D eigenvalue weighted by Crippen LogP contribution is -2.18. The number of H-pyrrole nitrogens is 2. The second-order valence-electron chi connectivity index (χ2n) is 5.60. The SMILES string of the molecule is COc1ccc2[nH]c3c(c2c1)-c1c(O)[nH]c(O)c1C(C(=O)O)C3. The van der Waals surface area contributed by atoms with Gasteiger partial charge >= 0.3 is 5.97 Å². The molecule has 0 amide bonds. The summed E-state index contributed by atoms with van der Waals surface area (Å²) < 4.78 is 5.24. The molecule has 0 saturated heterocycles. The summed E-state index contributed by atoms with van der Waals surface area (Å²) >= 11 is 0. The maximum Gasteiger partial charge on any atom is 0.311 e. The third-order valence-electron chi connectivity index (χ3n) is 4.39. The van der Waals surface area contributed by atoms with Crippen LogP contribution in [0.25, 0.3) is 22.0 Å². The van der Waals surface area contributed by atoms with Crippen molar-refractivity contribution in [1.29, 1.82) is 0 Å². The number of nitrogens with one attached hydrogen (secondary N) is 2. The minimum Gasteiger partial charge on any atom is -0.497 e. The molecule has 7 heteroatoms. The first-order chi connectivity index (χ1) is 11.0. The number of methoxy groups -OCH3 is 1. The third kappa shape index (κ3) is 1.73. The number of aliphatic carboxylic acids is 1. The van der Waals surface area contributed by atoms with Gasteiger partial charge < -0.3 is 25.0 Å². The van der Waals surface area contributed by atoms with Gasteiger partial charge in [-0.25, -0.2) is 0 Å². The first-order valence-corrected chi connectivity index (χ1v) is 7.06. The van der Waals surface area contributed by atoms with Gasteiger partial charge in [0.1, 0.15) is 5.75 Å². The lowest BCUT2D eigenvalue weighted by molar-refractivity contribution is -0.138. The second-order valence-corrected chi connectivity index (χ2v) is 5.60. The number of benzene rings is 1. The fraction of sp³-hybridized carbons (Fsp3) is 0.188. The molecule has 3 aromatic rings. The van der Waals surface area contributed by atoms with Crippen molar-refractivity contribution in [3.8, 4) is 28.6 Å². The van der Waals surface area contributed by atoms with E-state index in [-0.39, 0.29) is 23.7 Å². The van der Waals surface area contributed by atoms with Crippen molar-refractivity contribution in [3.63, 3.8) is 0 Å². The van der Waals surface area contributed by atoms with Crippen molar-refractivity contribution in [2.24, 2.45) is 0 Å². The predicted molar refractivity (Wildman–Crippen MR) is 82.0 cm³/mol. The summed E-state index contributed by atoms with van der Waals surface area (Å²) in [6.45, 7) is 0. The average Bonchev–Trinajstić information content (AvgIpc) is 3.03. The predicted octanol–water partition coefficient (Wildman–Crippen LogP) is 2.31. The highest BCUT2D eigenvalue weighted by Crippen LogP contribution is 2.51. The maximum atomic E-state index is 11.6. The second kappa shape index (κ2) is 4.45. The van der Waals surface area contributed by atoms with Crippen LogP contribution in [0.3, 0.4) is 0 Å². The van der Waals surface area contributed by atoms with Crippen LogP contribution in [0.2, 0.25) is 0 Å². The Labute approximate surface area is 130 Å². The van der Waals surface area contributed by atoms with Crippen molar-refractivity contribution in [2.75, 3.05) is 7.11 Å². The highest BCUT2D eigenvalue weighted by Gasteiger charge is 2.38. The van der Waals surface area contributed by atoms with Gasteiger partial charge in [-0.2, -0.15) is 0 Å². The van der Waals surface area contributed by atoms with E-state index in [0.29, 0.717) is 22.6 Å². The van der Waals surface area contributed by atoms with E-state index in [1.54, 1.807) is 13.2 Å². The van der Waals surface area contributed by atoms with E-state index in [2.05, 4.69) is 9.97 Å². The number of carboxylic acids is 1. The molecule has 1 unspecified atom stereocenters. The Kier molecular flexibility index (Phi) is 2.63. The molecular weight excluding hydrogens is 300 g/mol. The Morgan fingerprint density at radius 1 is 1.22 bits per heavy atom. The first-order valence-electron chi connectivity index (χ1n) is 7.06. The molecule has 1 atom stereocenters. The summed E-state index contributed by atoms with van der Waals surface area (Å²) in [4.78, 5) is 17.2. The van der Waals surface area contributed by atoms with E-state index in [1.165, 1.54) is 0 Å². The number of aromatic nitrogens is 2. The Morgan fingerprint density at radius 3 is 2.70 bits per heavy atom. The Balaban J connectivity index is 2.08. The zero-order chi connectivity index (χ0) is 16.3. The lowest BCUT2D eigenvalue weighted by Gasteiger charge is -2.20. The summed E-state index contributed by atoms with van der Waals surface area (Å²) in [5, 5.41) is 30.5. The molecule has 1 aliphatic rings. The van der Waals surface area contributed by atoms with E-state index < -0.39 is 11.9 Å². The minimum atomic E-state index is -1.05. The largest absolute Gasteiger partial charge is 0.497 e. The minimum absolute atomic E-state index is 0.208. The molecule has 1 aromatic carbocycles. The molecule has 1 aliphatic carbocycles. The molecule has 7 nitrogen and oxygen atoms in total. The van der Waals surface area contributed by atoms with Crippen molar-refractivity contribution in [2.45, 2.75) is 12.3 Å². The van der Waals surface area contributed by atoms with Crippen molar-refractivity contribution in [1.82, 2.24) is 9.97 Å². The van der Waals surface area contributed by atoms with Gasteiger partial charge in [0.15, 0.2) is 11.8 Å². The van der Waals surface area contributed by atoms with Crippen LogP contribution in [0.1, 0.15) is 17.2 Å². The molecule has 0 bridgehead atoms. The highest BCUT2D eigenvalue weighted by atomic mass is 16.5. The first kappa shape index (κ1) is 13.6. The van der Waals surface area contributed by atoms with Crippen LogP contribution < -0.4 is 4.74 Å². The molecule has 0 spiro atoms. The molecule has 4 rings (SSSR count). The van der Waals surface area contributed by atoms with Gasteiger partial charge in [0.05, 0.1) is 18.6 Å². The van der Waals surface area contributed by atoms with E-state index in [1.807, 2.05) is 12.1 Å². The summed E-state index contributed by atoms with van der Waals surface area (Å²) in [5.74, 6) is -1.88. The van der Waals surface area contributed by atoms with E-state index in [0.717, 1.165) is 10.9 Å². The molecule has 23 heavy (non-hydrogen) atoms. The van der Waals surface area contributed by atoms with Gasteiger partial charge in [-0.05, 0) is 18.2 Å². The number of hydrogen-bond acceptors (Lipinski definition) is 4. The van der Waals surface area contributed by atoms with Crippen LogP contribution in [0.15, 0.2) is 18.2 Å². The standard InChI is InChI=1S/C16H14N2O5/c1-23-6-2-3-9-7(4-6)11-10(17-9)5-8(16(21)22)12-13(11)15(20)18-14(12)19/h2-4,8,17-20H,5H2,1H3,(H,21,22). The summed E-state index contributed by atoms with van der Waals surface area (Å²) in [5.41, 5.74) is 2.76. The Bertz CT molecular complexity index is 953. The smallest absolute Gasteiger partial charge is 0.311 e. The van der Waals surface area contributed by atoms with Crippen LogP contribution in [0, 0.1) is 0 Å². The van der Waals surface area contributed by atoms with Crippen LogP contribution >= 0.6 is 0 Å². The number of hydrogen-bond donors (Lipinski definition) is 5. The maximum absolute atomic E-state index is 11.6. The third-order valence-corrected chi connectivity index (χ3v) is 4.39. The van der Waals surface area contributed by atoms with Crippen molar-refractivity contribution >= 4 is 16.9 Å². The van der Waals surface area contributed by atoms with Crippen LogP contribution in [0.4, 0.5) is 0 Å². The molecular formula is C16H14N2O5. The van der Waals surface area contributed by atoms with E-state index >= 15 is 0 Å². The average molecular weight is 314 g/mol. The van der Waals surface area contributed by atoms with E-state index in [4.69, 9.17) is 4.74 Å². The number of aromatic hydroxyl groups is 2. The Hall–Kier alpha value is -3.09. The molecule has 2 heterocycles. The lowest BCUT2D eigenvalue weighted by atomic mass is 9.83. The topological polar surface area (TPSA) is 119 Å². The van der Waals surface area contributed by atoms with Crippen molar-refractivity contribution < 1.29 is 24.9 Å². The summed E-state index contributed by atoms with van der Waals surface area (Å²) in [6, 6.07) is 5.46. The van der Waals surface area contributed by atoms with Gasteiger partial charge in [-0.15, -0.1) is 0 Å². The van der Waals surface area contributed by atoms with E-state index in [9.17, 15) is 20.1 Å². The fourth-order valence-electron chi connectivity index (χ4n) is 3.39. The van der Waals surface area contributed by atoms with Crippen LogP contribution in [-0.4, -0.2) is 38.4 Å². The van der Waals surface area contributed by atoms with Gasteiger partial charge in [0.2, 0.25) is 0 Å². The van der Waals surface area contributed by atoms with Gasteiger partial charge in [-0.1, -0.05) is 0 Å². The molecule has 2 aromatic heterocycles. The highest BCUT2D eigenvalue weighted by molar-refractivity contribution is 6.03. The van der Waals surface area contributed by atoms with Crippen molar-refractivity contribution in [3.05, 3.63) is 29.5 Å². The number of carbonyl (C=O) groups is 1. The monoisotopic (exact) mass is 314 g/mol.